The lowest BCUT2D eigenvalue weighted by Gasteiger charge is -2.23. The molecule has 0 saturated carbocycles. The molecule has 162 valence electrons. The minimum atomic E-state index is -0.437. The zero-order valence-corrected chi connectivity index (χ0v) is 18.5. The van der Waals surface area contributed by atoms with Crippen LogP contribution in [-0.2, 0) is 27.1 Å². The van der Waals surface area contributed by atoms with Crippen LogP contribution in [0.1, 0.15) is 40.8 Å². The van der Waals surface area contributed by atoms with E-state index in [1.165, 1.54) is 17.4 Å². The molecule has 2 aromatic heterocycles. The first-order valence-corrected chi connectivity index (χ1v) is 12.0. The number of hydrogen-bond donors (Lipinski definition) is 2. The lowest BCUT2D eigenvalue weighted by molar-refractivity contribution is -0.111. The van der Waals surface area contributed by atoms with Crippen LogP contribution in [0.15, 0.2) is 22.9 Å². The summed E-state index contributed by atoms with van der Waals surface area (Å²) in [5.41, 5.74) is 2.42. The molecule has 0 radical (unpaired) electrons. The Kier molecular flexibility index (Phi) is 7.02. The van der Waals surface area contributed by atoms with Gasteiger partial charge in [-0.3, -0.25) is 4.79 Å². The third kappa shape index (κ3) is 5.53. The normalized spacial score (nSPS) is 20.2. The molecular formula is C22H23N3O4S2. The Morgan fingerprint density at radius 2 is 2.29 bits per heavy atom. The molecule has 2 aromatic rings. The van der Waals surface area contributed by atoms with Crippen molar-refractivity contribution in [2.24, 2.45) is 0 Å². The summed E-state index contributed by atoms with van der Waals surface area (Å²) in [7, 11) is 0. The molecule has 1 saturated heterocycles. The number of anilines is 1. The van der Waals surface area contributed by atoms with E-state index >= 15 is 0 Å². The van der Waals surface area contributed by atoms with Gasteiger partial charge in [-0.05, 0) is 59.7 Å². The highest BCUT2D eigenvalue weighted by molar-refractivity contribution is 7.16. The van der Waals surface area contributed by atoms with Gasteiger partial charge in [0.15, 0.2) is 0 Å². The summed E-state index contributed by atoms with van der Waals surface area (Å²) in [6, 6.07) is 4.15. The second kappa shape index (κ2) is 10.1. The molecule has 2 aliphatic rings. The van der Waals surface area contributed by atoms with Gasteiger partial charge in [0.2, 0.25) is 5.91 Å². The molecule has 1 aliphatic carbocycles. The number of alkyl carbamates (subject to hydrolysis) is 1. The fourth-order valence-corrected chi connectivity index (χ4v) is 5.65. The molecule has 1 fully saturated rings. The number of hydrogen-bond acceptors (Lipinski definition) is 7. The summed E-state index contributed by atoms with van der Waals surface area (Å²) in [5.74, 6) is -0.275. The van der Waals surface area contributed by atoms with E-state index in [-0.39, 0.29) is 18.1 Å². The predicted octanol–water partition coefficient (Wildman–Crippen LogP) is 4.10. The lowest BCUT2D eigenvalue weighted by Crippen LogP contribution is -2.36. The highest BCUT2D eigenvalue weighted by Crippen LogP contribution is 2.38. The molecule has 31 heavy (non-hydrogen) atoms. The van der Waals surface area contributed by atoms with Crippen molar-refractivity contribution in [3.05, 3.63) is 44.5 Å². The van der Waals surface area contributed by atoms with Crippen LogP contribution in [0.5, 0.6) is 0 Å². The molecule has 3 heterocycles. The van der Waals surface area contributed by atoms with E-state index in [4.69, 9.17) is 9.47 Å². The van der Waals surface area contributed by atoms with Crippen LogP contribution in [-0.4, -0.2) is 37.4 Å². The molecule has 2 amide bonds. The first-order valence-electron chi connectivity index (χ1n) is 10.2. The van der Waals surface area contributed by atoms with Gasteiger partial charge in [0.25, 0.3) is 0 Å². The van der Waals surface area contributed by atoms with Gasteiger partial charge in [-0.1, -0.05) is 0 Å². The van der Waals surface area contributed by atoms with E-state index in [2.05, 4.69) is 16.7 Å². The smallest absolute Gasteiger partial charge is 0.407 e. The van der Waals surface area contributed by atoms with E-state index in [9.17, 15) is 14.9 Å². The van der Waals surface area contributed by atoms with Crippen LogP contribution in [0.25, 0.3) is 6.08 Å². The van der Waals surface area contributed by atoms with Crippen molar-refractivity contribution in [3.63, 3.8) is 0 Å². The van der Waals surface area contributed by atoms with E-state index in [0.717, 1.165) is 35.5 Å². The molecule has 1 aliphatic heterocycles. The molecule has 4 rings (SSSR count). The summed E-state index contributed by atoms with van der Waals surface area (Å²) < 4.78 is 11.1. The average molecular weight is 458 g/mol. The van der Waals surface area contributed by atoms with Crippen LogP contribution in [0.4, 0.5) is 9.80 Å². The third-order valence-corrected chi connectivity index (χ3v) is 7.18. The van der Waals surface area contributed by atoms with Gasteiger partial charge in [0.1, 0.15) is 17.2 Å². The Labute approximate surface area is 188 Å². The van der Waals surface area contributed by atoms with Crippen molar-refractivity contribution >= 4 is 45.8 Å². The van der Waals surface area contributed by atoms with Crippen LogP contribution in [0.3, 0.4) is 0 Å². The first-order chi connectivity index (χ1) is 15.1. The summed E-state index contributed by atoms with van der Waals surface area (Å²) in [6.45, 7) is 1.21. The molecule has 0 aromatic carbocycles. The maximum Gasteiger partial charge on any atom is 0.407 e. The quantitative estimate of drug-likeness (QED) is 0.636. The van der Waals surface area contributed by atoms with Gasteiger partial charge < -0.3 is 20.1 Å². The Morgan fingerprint density at radius 3 is 3.03 bits per heavy atom. The predicted molar refractivity (Wildman–Crippen MR) is 120 cm³/mol. The highest BCUT2D eigenvalue weighted by Gasteiger charge is 2.28. The maximum absolute atomic E-state index is 12.3. The standard InChI is InChI=1S/C22H23N3O4S2/c23-11-18-17-5-4-15(29-22(27)24-12-16-2-1-8-28-16)10-19(17)31-21(18)25-20(26)6-3-14-7-9-30-13-14/h3,6-7,9,13,15-16H,1-2,4-5,8,10,12H2,(H,24,27)(H,25,26). The number of rotatable bonds is 6. The summed E-state index contributed by atoms with van der Waals surface area (Å²) in [6.07, 6.45) is 6.40. The minimum Gasteiger partial charge on any atom is -0.446 e. The van der Waals surface area contributed by atoms with E-state index in [0.29, 0.717) is 36.4 Å². The molecular weight excluding hydrogens is 434 g/mol. The monoisotopic (exact) mass is 457 g/mol. The number of carbonyl (C=O) groups excluding carboxylic acids is 2. The van der Waals surface area contributed by atoms with Gasteiger partial charge >= 0.3 is 6.09 Å². The van der Waals surface area contributed by atoms with Gasteiger partial charge in [0, 0.05) is 30.5 Å². The number of ether oxygens (including phenoxy) is 2. The number of amides is 2. The van der Waals surface area contributed by atoms with E-state index < -0.39 is 6.09 Å². The summed E-state index contributed by atoms with van der Waals surface area (Å²) >= 11 is 2.95. The fraction of sp³-hybridized carbons (Fsp3) is 0.409. The SMILES string of the molecule is N#Cc1c(NC(=O)C=Cc2ccsc2)sc2c1CCC(OC(=O)NCC1CCCO1)C2. The third-order valence-electron chi connectivity index (χ3n) is 5.31. The van der Waals surface area contributed by atoms with Crippen molar-refractivity contribution in [2.45, 2.75) is 44.3 Å². The average Bonchev–Trinajstić information content (AvgIpc) is 3.51. The Morgan fingerprint density at radius 1 is 1.39 bits per heavy atom. The van der Waals surface area contributed by atoms with Crippen molar-refractivity contribution in [2.75, 3.05) is 18.5 Å². The zero-order chi connectivity index (χ0) is 21.6. The number of nitrogens with one attached hydrogen (secondary N) is 2. The topological polar surface area (TPSA) is 100 Å². The molecule has 0 bridgehead atoms. The second-order valence-electron chi connectivity index (χ2n) is 7.49. The first kappa shape index (κ1) is 21.6. The second-order valence-corrected chi connectivity index (χ2v) is 9.37. The fourth-order valence-electron chi connectivity index (χ4n) is 3.75. The number of nitriles is 1. The minimum absolute atomic E-state index is 0.0703. The Balaban J connectivity index is 1.34. The van der Waals surface area contributed by atoms with E-state index in [1.54, 1.807) is 17.4 Å². The summed E-state index contributed by atoms with van der Waals surface area (Å²) in [5, 5.41) is 19.7. The van der Waals surface area contributed by atoms with Gasteiger partial charge in [-0.2, -0.15) is 16.6 Å². The summed E-state index contributed by atoms with van der Waals surface area (Å²) in [4.78, 5) is 25.4. The zero-order valence-electron chi connectivity index (χ0n) is 16.9. The molecule has 7 nitrogen and oxygen atoms in total. The molecule has 9 heteroatoms. The highest BCUT2D eigenvalue weighted by atomic mass is 32.1. The number of fused-ring (bicyclic) bond motifs is 1. The van der Waals surface area contributed by atoms with Crippen molar-refractivity contribution < 1.29 is 19.1 Å². The van der Waals surface area contributed by atoms with Crippen LogP contribution >= 0.6 is 22.7 Å². The van der Waals surface area contributed by atoms with E-state index in [1.807, 2.05) is 16.8 Å². The van der Waals surface area contributed by atoms with Crippen LogP contribution < -0.4 is 10.6 Å². The van der Waals surface area contributed by atoms with Gasteiger partial charge in [-0.25, -0.2) is 4.79 Å². The van der Waals surface area contributed by atoms with Gasteiger partial charge in [0.05, 0.1) is 11.7 Å². The van der Waals surface area contributed by atoms with Gasteiger partial charge in [-0.15, -0.1) is 11.3 Å². The number of thiophene rings is 2. The number of carbonyl (C=O) groups is 2. The number of nitrogens with zero attached hydrogens (tertiary/aromatic N) is 1. The maximum atomic E-state index is 12.3. The molecule has 0 spiro atoms. The molecule has 2 atom stereocenters. The Bertz CT molecular complexity index is 1000. The van der Waals surface area contributed by atoms with Crippen molar-refractivity contribution in [1.29, 1.82) is 5.26 Å². The molecule has 2 unspecified atom stereocenters. The van der Waals surface area contributed by atoms with Crippen LogP contribution in [0.2, 0.25) is 0 Å². The Hall–Kier alpha value is -2.67. The van der Waals surface area contributed by atoms with Crippen LogP contribution in [0, 0.1) is 11.3 Å². The largest absolute Gasteiger partial charge is 0.446 e. The lowest BCUT2D eigenvalue weighted by atomic mass is 9.94. The van der Waals surface area contributed by atoms with Crippen molar-refractivity contribution in [1.82, 2.24) is 5.32 Å². The molecule has 2 N–H and O–H groups in total. The van der Waals surface area contributed by atoms with Crippen molar-refractivity contribution in [3.8, 4) is 6.07 Å².